The number of piperazine rings is 1. The van der Waals surface area contributed by atoms with Crippen molar-refractivity contribution in [2.75, 3.05) is 49.1 Å². The van der Waals surface area contributed by atoms with Gasteiger partial charge in [0.2, 0.25) is 0 Å². The van der Waals surface area contributed by atoms with Gasteiger partial charge in [0, 0.05) is 50.3 Å². The van der Waals surface area contributed by atoms with E-state index in [0.717, 1.165) is 49.3 Å². The maximum absolute atomic E-state index is 12.9. The molecule has 2 aliphatic rings. The third-order valence-electron chi connectivity index (χ3n) is 7.23. The molecule has 6 nitrogen and oxygen atoms in total. The van der Waals surface area contributed by atoms with Crippen molar-refractivity contribution in [2.45, 2.75) is 13.0 Å². The average molecular weight is 479 g/mol. The molecule has 0 radical (unpaired) electrons. The number of amides is 1. The van der Waals surface area contributed by atoms with Crippen LogP contribution in [0.1, 0.15) is 11.1 Å². The SMILES string of the molecule is O=C(COc1cccc2ccc(N3CCc4ccccc4C3)nc12)N1CCN(c2ccccc2)CC1. The standard InChI is InChI=1S/C30H30N4O2/c35-29(33-19-17-32(18-20-33)26-10-2-1-3-11-26)22-36-27-12-6-9-24-13-14-28(31-30(24)27)34-16-15-23-7-4-5-8-25(23)21-34/h1-14H,15-22H2. The van der Waals surface area contributed by atoms with Crippen LogP contribution >= 0.6 is 0 Å². The highest BCUT2D eigenvalue weighted by molar-refractivity contribution is 5.86. The van der Waals surface area contributed by atoms with Gasteiger partial charge in [-0.3, -0.25) is 4.79 Å². The first-order chi connectivity index (χ1) is 17.7. The lowest BCUT2D eigenvalue weighted by atomic mass is 10.00. The van der Waals surface area contributed by atoms with Gasteiger partial charge >= 0.3 is 0 Å². The lowest BCUT2D eigenvalue weighted by molar-refractivity contribution is -0.133. The maximum atomic E-state index is 12.9. The van der Waals surface area contributed by atoms with E-state index in [0.29, 0.717) is 18.8 Å². The fourth-order valence-corrected chi connectivity index (χ4v) is 5.18. The van der Waals surface area contributed by atoms with Gasteiger partial charge in [0.1, 0.15) is 17.1 Å². The molecule has 6 heteroatoms. The summed E-state index contributed by atoms with van der Waals surface area (Å²) in [5.41, 5.74) is 4.78. The summed E-state index contributed by atoms with van der Waals surface area (Å²) in [5.74, 6) is 1.61. The van der Waals surface area contributed by atoms with E-state index < -0.39 is 0 Å². The molecule has 3 aromatic carbocycles. The molecule has 4 aromatic rings. The normalized spacial score (nSPS) is 15.6. The highest BCUT2D eigenvalue weighted by Crippen LogP contribution is 2.29. The van der Waals surface area contributed by atoms with Gasteiger partial charge in [-0.15, -0.1) is 0 Å². The maximum Gasteiger partial charge on any atom is 0.260 e. The molecule has 0 atom stereocenters. The van der Waals surface area contributed by atoms with Crippen molar-refractivity contribution >= 4 is 28.3 Å². The zero-order chi connectivity index (χ0) is 24.3. The van der Waals surface area contributed by atoms with Crippen molar-refractivity contribution in [1.29, 1.82) is 0 Å². The van der Waals surface area contributed by atoms with Crippen LogP contribution in [0.25, 0.3) is 10.9 Å². The summed E-state index contributed by atoms with van der Waals surface area (Å²) in [6, 6.07) is 29.0. The molecule has 0 N–H and O–H groups in total. The van der Waals surface area contributed by atoms with Gasteiger partial charge in [0.05, 0.1) is 0 Å². The number of carbonyl (C=O) groups is 1. The topological polar surface area (TPSA) is 48.9 Å². The molecule has 1 aromatic heterocycles. The van der Waals surface area contributed by atoms with E-state index in [1.807, 2.05) is 29.2 Å². The van der Waals surface area contributed by atoms with Gasteiger partial charge in [0.25, 0.3) is 5.91 Å². The first kappa shape index (κ1) is 22.4. The van der Waals surface area contributed by atoms with E-state index in [1.165, 1.54) is 16.8 Å². The number of anilines is 2. The Labute approximate surface area is 211 Å². The number of hydrogen-bond donors (Lipinski definition) is 0. The number of fused-ring (bicyclic) bond motifs is 2. The van der Waals surface area contributed by atoms with Crippen molar-refractivity contribution in [3.63, 3.8) is 0 Å². The molecule has 0 unspecified atom stereocenters. The monoisotopic (exact) mass is 478 g/mol. The molecular weight excluding hydrogens is 448 g/mol. The molecule has 1 fully saturated rings. The van der Waals surface area contributed by atoms with Crippen LogP contribution in [0.5, 0.6) is 5.75 Å². The highest BCUT2D eigenvalue weighted by atomic mass is 16.5. The molecule has 0 spiro atoms. The summed E-state index contributed by atoms with van der Waals surface area (Å²) in [7, 11) is 0. The van der Waals surface area contributed by atoms with E-state index in [1.54, 1.807) is 0 Å². The molecule has 182 valence electrons. The van der Waals surface area contributed by atoms with E-state index in [9.17, 15) is 4.79 Å². The Morgan fingerprint density at radius 1 is 0.750 bits per heavy atom. The molecule has 0 bridgehead atoms. The Morgan fingerprint density at radius 3 is 2.36 bits per heavy atom. The summed E-state index contributed by atoms with van der Waals surface area (Å²) in [6.07, 6.45) is 1.01. The lowest BCUT2D eigenvalue weighted by Crippen LogP contribution is -2.50. The third kappa shape index (κ3) is 4.59. The molecule has 1 amide bonds. The molecule has 3 heterocycles. The Morgan fingerprint density at radius 2 is 1.53 bits per heavy atom. The summed E-state index contributed by atoms with van der Waals surface area (Å²) in [5, 5.41) is 1.01. The Balaban J connectivity index is 1.12. The lowest BCUT2D eigenvalue weighted by Gasteiger charge is -2.36. The van der Waals surface area contributed by atoms with Crippen molar-refractivity contribution in [2.24, 2.45) is 0 Å². The largest absolute Gasteiger partial charge is 0.481 e. The Kier molecular flexibility index (Phi) is 6.16. The molecule has 1 saturated heterocycles. The number of rotatable bonds is 5. The van der Waals surface area contributed by atoms with Crippen molar-refractivity contribution < 1.29 is 9.53 Å². The van der Waals surface area contributed by atoms with Gasteiger partial charge in [-0.2, -0.15) is 0 Å². The minimum atomic E-state index is 0.0171. The Hall–Kier alpha value is -4.06. The summed E-state index contributed by atoms with van der Waals surface area (Å²) < 4.78 is 6.06. The van der Waals surface area contributed by atoms with Crippen molar-refractivity contribution in [3.05, 3.63) is 96.1 Å². The number of ether oxygens (including phenoxy) is 1. The molecule has 6 rings (SSSR count). The van der Waals surface area contributed by atoms with E-state index in [4.69, 9.17) is 9.72 Å². The van der Waals surface area contributed by atoms with Crippen LogP contribution in [0.2, 0.25) is 0 Å². The van der Waals surface area contributed by atoms with Crippen molar-refractivity contribution in [1.82, 2.24) is 9.88 Å². The van der Waals surface area contributed by atoms with Crippen LogP contribution in [0.3, 0.4) is 0 Å². The van der Waals surface area contributed by atoms with Crippen LogP contribution in [0.4, 0.5) is 11.5 Å². The molecule has 0 aliphatic carbocycles. The van der Waals surface area contributed by atoms with Gasteiger partial charge in [0.15, 0.2) is 6.61 Å². The number of aromatic nitrogens is 1. The number of pyridine rings is 1. The molecule has 36 heavy (non-hydrogen) atoms. The summed E-state index contributed by atoms with van der Waals surface area (Å²) in [4.78, 5) is 24.4. The van der Waals surface area contributed by atoms with E-state index in [2.05, 4.69) is 70.5 Å². The van der Waals surface area contributed by atoms with Gasteiger partial charge in [-0.05, 0) is 47.9 Å². The predicted octanol–water partition coefficient (Wildman–Crippen LogP) is 4.53. The average Bonchev–Trinajstić information content (AvgIpc) is 2.96. The highest BCUT2D eigenvalue weighted by Gasteiger charge is 2.22. The minimum absolute atomic E-state index is 0.0171. The van der Waals surface area contributed by atoms with Gasteiger partial charge in [-0.1, -0.05) is 54.6 Å². The summed E-state index contributed by atoms with van der Waals surface area (Å²) >= 11 is 0. The zero-order valence-corrected chi connectivity index (χ0v) is 20.3. The second kappa shape index (κ2) is 9.90. The number of nitrogens with zero attached hydrogens (tertiary/aromatic N) is 4. The smallest absolute Gasteiger partial charge is 0.260 e. The van der Waals surface area contributed by atoms with E-state index >= 15 is 0 Å². The van der Waals surface area contributed by atoms with Crippen LogP contribution in [0, 0.1) is 0 Å². The molecule has 0 saturated carbocycles. The van der Waals surface area contributed by atoms with Crippen molar-refractivity contribution in [3.8, 4) is 5.75 Å². The number of benzene rings is 3. The summed E-state index contributed by atoms with van der Waals surface area (Å²) in [6.45, 7) is 4.86. The van der Waals surface area contributed by atoms with E-state index in [-0.39, 0.29) is 12.5 Å². The third-order valence-corrected chi connectivity index (χ3v) is 7.23. The second-order valence-corrected chi connectivity index (χ2v) is 9.43. The molecular formula is C30H30N4O2. The predicted molar refractivity (Wildman–Crippen MR) is 144 cm³/mol. The first-order valence-electron chi connectivity index (χ1n) is 12.7. The number of para-hydroxylation sites is 2. The number of hydrogen-bond acceptors (Lipinski definition) is 5. The zero-order valence-electron chi connectivity index (χ0n) is 20.3. The first-order valence-corrected chi connectivity index (χ1v) is 12.7. The van der Waals surface area contributed by atoms with Crippen LogP contribution < -0.4 is 14.5 Å². The fourth-order valence-electron chi connectivity index (χ4n) is 5.18. The van der Waals surface area contributed by atoms with Crippen LogP contribution in [-0.4, -0.2) is 55.1 Å². The minimum Gasteiger partial charge on any atom is -0.481 e. The molecule has 2 aliphatic heterocycles. The fraction of sp³-hybridized carbons (Fsp3) is 0.267. The van der Waals surface area contributed by atoms with Gasteiger partial charge < -0.3 is 19.4 Å². The van der Waals surface area contributed by atoms with Gasteiger partial charge in [-0.25, -0.2) is 4.98 Å². The van der Waals surface area contributed by atoms with Crippen LogP contribution in [0.15, 0.2) is 84.9 Å². The number of carbonyl (C=O) groups excluding carboxylic acids is 1. The quantitative estimate of drug-likeness (QED) is 0.422. The second-order valence-electron chi connectivity index (χ2n) is 9.43. The van der Waals surface area contributed by atoms with Crippen LogP contribution in [-0.2, 0) is 17.8 Å². The Bertz CT molecular complexity index is 1370.